The van der Waals surface area contributed by atoms with Gasteiger partial charge in [-0.3, -0.25) is 14.4 Å². The minimum atomic E-state index is -0.486. The number of nitrogens with zero attached hydrogens (tertiary/aromatic N) is 2. The second-order valence-corrected chi connectivity index (χ2v) is 8.72. The number of aliphatic imine (C=N–C) groups is 1. The lowest BCUT2D eigenvalue weighted by Crippen LogP contribution is -2.25. The number of hydrogen-bond donors (Lipinski definition) is 2. The first kappa shape index (κ1) is 21.9. The van der Waals surface area contributed by atoms with E-state index in [1.807, 2.05) is 0 Å². The van der Waals surface area contributed by atoms with Crippen molar-refractivity contribution < 1.29 is 19.1 Å². The minimum Gasteiger partial charge on any atom is -0.497 e. The summed E-state index contributed by atoms with van der Waals surface area (Å²) in [6.45, 7) is 1.83. The molecule has 2 aliphatic heterocycles. The monoisotopic (exact) mass is 452 g/mol. The lowest BCUT2D eigenvalue weighted by Gasteiger charge is -2.16. The molecule has 8 nitrogen and oxygen atoms in total. The van der Waals surface area contributed by atoms with Crippen molar-refractivity contribution in [2.75, 3.05) is 30.8 Å². The third-order valence-corrected chi connectivity index (χ3v) is 6.47. The van der Waals surface area contributed by atoms with Gasteiger partial charge in [0.1, 0.15) is 11.0 Å². The third kappa shape index (κ3) is 5.28. The summed E-state index contributed by atoms with van der Waals surface area (Å²) in [7, 11) is 1.58. The van der Waals surface area contributed by atoms with Crippen LogP contribution in [0.15, 0.2) is 53.5 Å². The highest BCUT2D eigenvalue weighted by molar-refractivity contribution is 8.15. The Hall–Kier alpha value is -3.33. The molecule has 0 aromatic heterocycles. The zero-order chi connectivity index (χ0) is 22.5. The fourth-order valence-corrected chi connectivity index (χ4v) is 4.63. The summed E-state index contributed by atoms with van der Waals surface area (Å²) < 4.78 is 5.10. The average molecular weight is 453 g/mol. The number of carbonyl (C=O) groups excluding carboxylic acids is 3. The zero-order valence-corrected chi connectivity index (χ0v) is 18.5. The molecule has 1 saturated heterocycles. The highest BCUT2D eigenvalue weighted by Crippen LogP contribution is 2.29. The number of amides is 3. The maximum Gasteiger partial charge on any atom is 0.262 e. The van der Waals surface area contributed by atoms with Gasteiger partial charge in [-0.1, -0.05) is 11.8 Å². The molecule has 2 aliphatic rings. The van der Waals surface area contributed by atoms with E-state index in [1.54, 1.807) is 55.6 Å². The molecule has 3 amide bonds. The number of carbonyl (C=O) groups is 3. The predicted octanol–water partition coefficient (Wildman–Crippen LogP) is 3.37. The molecule has 9 heteroatoms. The number of benzene rings is 2. The molecule has 32 heavy (non-hydrogen) atoms. The zero-order valence-electron chi connectivity index (χ0n) is 17.7. The number of methoxy groups -OCH3 is 1. The molecule has 0 saturated carbocycles. The highest BCUT2D eigenvalue weighted by atomic mass is 32.2. The second-order valence-electron chi connectivity index (χ2n) is 7.55. The van der Waals surface area contributed by atoms with E-state index >= 15 is 0 Å². The van der Waals surface area contributed by atoms with Crippen LogP contribution in [0.5, 0.6) is 5.75 Å². The minimum absolute atomic E-state index is 0.0596. The van der Waals surface area contributed by atoms with Crippen LogP contribution in [-0.4, -0.2) is 53.2 Å². The summed E-state index contributed by atoms with van der Waals surface area (Å²) in [5, 5.41) is 5.85. The maximum atomic E-state index is 12.4. The molecule has 2 aromatic carbocycles. The number of ether oxygens (including phenoxy) is 1. The summed E-state index contributed by atoms with van der Waals surface area (Å²) in [6.07, 6.45) is 2.27. The molecule has 0 spiro atoms. The molecule has 2 heterocycles. The number of rotatable bonds is 6. The van der Waals surface area contributed by atoms with Gasteiger partial charge >= 0.3 is 0 Å². The second kappa shape index (κ2) is 9.86. The van der Waals surface area contributed by atoms with E-state index in [2.05, 4.69) is 20.5 Å². The van der Waals surface area contributed by atoms with Crippen LogP contribution >= 0.6 is 11.8 Å². The van der Waals surface area contributed by atoms with Crippen molar-refractivity contribution in [2.45, 2.75) is 24.5 Å². The first-order chi connectivity index (χ1) is 15.5. The van der Waals surface area contributed by atoms with Crippen LogP contribution in [0.2, 0.25) is 0 Å². The fraction of sp³-hybridized carbons (Fsp3) is 0.304. The lowest BCUT2D eigenvalue weighted by atomic mass is 10.1. The Morgan fingerprint density at radius 1 is 1.03 bits per heavy atom. The summed E-state index contributed by atoms with van der Waals surface area (Å²) in [5.41, 5.74) is 1.68. The van der Waals surface area contributed by atoms with Gasteiger partial charge in [0.2, 0.25) is 5.91 Å². The van der Waals surface area contributed by atoms with Crippen molar-refractivity contribution in [1.29, 1.82) is 0 Å². The largest absolute Gasteiger partial charge is 0.497 e. The Morgan fingerprint density at radius 2 is 1.66 bits per heavy atom. The third-order valence-electron chi connectivity index (χ3n) is 5.26. The smallest absolute Gasteiger partial charge is 0.262 e. The number of likely N-dealkylation sites (tertiary alicyclic amines) is 1. The van der Waals surface area contributed by atoms with Gasteiger partial charge < -0.3 is 20.3 Å². The standard InChI is InChI=1S/C23H24N4O4S/c1-31-18-10-8-17(9-11-18)25-21(29)15-4-6-16(7-5-15)24-20(28)14-19-22(30)26-23(32-19)27-12-2-3-13-27/h4-11,19H,2-3,12-14H2,1H3,(H,24,28)(H,25,29)/t19-/m1/s1. The van der Waals surface area contributed by atoms with E-state index in [4.69, 9.17) is 4.74 Å². The van der Waals surface area contributed by atoms with Gasteiger partial charge in [-0.05, 0) is 61.4 Å². The fourth-order valence-electron chi connectivity index (χ4n) is 3.52. The Bertz CT molecular complexity index is 1030. The molecule has 166 valence electrons. The number of amidine groups is 1. The highest BCUT2D eigenvalue weighted by Gasteiger charge is 2.33. The molecule has 2 N–H and O–H groups in total. The van der Waals surface area contributed by atoms with Crippen LogP contribution in [-0.2, 0) is 9.59 Å². The Morgan fingerprint density at radius 3 is 2.31 bits per heavy atom. The van der Waals surface area contributed by atoms with Crippen LogP contribution in [0.3, 0.4) is 0 Å². The maximum absolute atomic E-state index is 12.4. The predicted molar refractivity (Wildman–Crippen MR) is 125 cm³/mol. The SMILES string of the molecule is COc1ccc(NC(=O)c2ccc(NC(=O)C[C@H]3SC(N4CCCC4)=NC3=O)cc2)cc1. The molecule has 4 rings (SSSR count). The number of thioether (sulfide) groups is 1. The molecule has 1 fully saturated rings. The topological polar surface area (TPSA) is 100 Å². The van der Waals surface area contributed by atoms with Crippen LogP contribution in [0.1, 0.15) is 29.6 Å². The van der Waals surface area contributed by atoms with Gasteiger partial charge in [0.25, 0.3) is 11.8 Å². The first-order valence-electron chi connectivity index (χ1n) is 10.4. The van der Waals surface area contributed by atoms with E-state index in [0.29, 0.717) is 22.7 Å². The molecule has 0 aliphatic carbocycles. The molecule has 1 atom stereocenters. The van der Waals surface area contributed by atoms with E-state index in [9.17, 15) is 14.4 Å². The Balaban J connectivity index is 1.28. The van der Waals surface area contributed by atoms with Crippen molar-refractivity contribution in [3.8, 4) is 5.75 Å². The quantitative estimate of drug-likeness (QED) is 0.697. The summed E-state index contributed by atoms with van der Waals surface area (Å²) >= 11 is 1.37. The van der Waals surface area contributed by atoms with Crippen molar-refractivity contribution >= 4 is 46.0 Å². The molecular formula is C23H24N4O4S. The van der Waals surface area contributed by atoms with Crippen molar-refractivity contribution in [1.82, 2.24) is 4.90 Å². The molecular weight excluding hydrogens is 428 g/mol. The van der Waals surface area contributed by atoms with Crippen LogP contribution in [0.25, 0.3) is 0 Å². The van der Waals surface area contributed by atoms with Gasteiger partial charge in [-0.2, -0.15) is 4.99 Å². The molecule has 0 radical (unpaired) electrons. The van der Waals surface area contributed by atoms with Gasteiger partial charge in [0.15, 0.2) is 5.17 Å². The summed E-state index contributed by atoms with van der Waals surface area (Å²) in [6, 6.07) is 13.6. The Labute approximate surface area is 190 Å². The van der Waals surface area contributed by atoms with E-state index in [-0.39, 0.29) is 24.1 Å². The van der Waals surface area contributed by atoms with Gasteiger partial charge in [-0.25, -0.2) is 0 Å². The number of anilines is 2. The van der Waals surface area contributed by atoms with Crippen molar-refractivity contribution in [3.63, 3.8) is 0 Å². The molecule has 2 aromatic rings. The van der Waals surface area contributed by atoms with Crippen molar-refractivity contribution in [2.24, 2.45) is 4.99 Å². The first-order valence-corrected chi connectivity index (χ1v) is 11.3. The van der Waals surface area contributed by atoms with Crippen molar-refractivity contribution in [3.05, 3.63) is 54.1 Å². The normalized spacial score (nSPS) is 17.8. The summed E-state index contributed by atoms with van der Waals surface area (Å²) in [5.74, 6) is -0.0611. The van der Waals surface area contributed by atoms with Gasteiger partial charge in [-0.15, -0.1) is 0 Å². The van der Waals surface area contributed by atoms with Crippen LogP contribution in [0, 0.1) is 0 Å². The van der Waals surface area contributed by atoms with Crippen LogP contribution < -0.4 is 15.4 Å². The van der Waals surface area contributed by atoms with Crippen LogP contribution in [0.4, 0.5) is 11.4 Å². The van der Waals surface area contributed by atoms with E-state index in [1.165, 1.54) is 11.8 Å². The van der Waals surface area contributed by atoms with Gasteiger partial charge in [0, 0.05) is 36.4 Å². The van der Waals surface area contributed by atoms with E-state index < -0.39 is 5.25 Å². The lowest BCUT2D eigenvalue weighted by molar-refractivity contribution is -0.121. The Kier molecular flexibility index (Phi) is 6.75. The number of hydrogen-bond acceptors (Lipinski definition) is 6. The van der Waals surface area contributed by atoms with E-state index in [0.717, 1.165) is 31.1 Å². The van der Waals surface area contributed by atoms with Gasteiger partial charge in [0.05, 0.1) is 7.11 Å². The molecule has 0 bridgehead atoms. The number of nitrogens with one attached hydrogen (secondary N) is 2. The average Bonchev–Trinajstić information content (AvgIpc) is 3.45. The molecule has 0 unspecified atom stereocenters. The summed E-state index contributed by atoms with van der Waals surface area (Å²) in [4.78, 5) is 43.2.